The molecule has 0 N–H and O–H groups in total. The normalized spacial score (nSPS) is 15.7. The number of nitrogens with zero attached hydrogens (tertiary/aromatic N) is 6. The molecule has 4 aromatic heterocycles. The number of hydrogen-bond donors (Lipinski definition) is 0. The van der Waals surface area contributed by atoms with Gasteiger partial charge in [-0.15, -0.1) is 0 Å². The van der Waals surface area contributed by atoms with Crippen molar-refractivity contribution in [3.05, 3.63) is 128 Å². The number of para-hydroxylation sites is 5. The van der Waals surface area contributed by atoms with Gasteiger partial charge in [0.1, 0.15) is 0 Å². The molecule has 5 heterocycles. The van der Waals surface area contributed by atoms with Gasteiger partial charge in [-0.25, -0.2) is 0 Å². The lowest BCUT2D eigenvalue weighted by molar-refractivity contribution is 0.00578. The van der Waals surface area contributed by atoms with Gasteiger partial charge in [-0.2, -0.15) is 15.0 Å². The number of rotatable bonds is 4. The first kappa shape index (κ1) is 29.2. The topological polar surface area (TPSA) is 71.9 Å². The van der Waals surface area contributed by atoms with Crippen molar-refractivity contribution in [3.63, 3.8) is 0 Å². The molecular formula is C41H33BN6O2. The maximum atomic E-state index is 6.57. The number of hydrogen-bond acceptors (Lipinski definition) is 5. The Hall–Kier alpha value is -5.77. The predicted octanol–water partition coefficient (Wildman–Crippen LogP) is 8.31. The lowest BCUT2D eigenvalue weighted by Gasteiger charge is -2.32. The Morgan fingerprint density at radius 1 is 0.440 bits per heavy atom. The van der Waals surface area contributed by atoms with Crippen LogP contribution in [0.5, 0.6) is 0 Å². The van der Waals surface area contributed by atoms with Crippen molar-refractivity contribution >= 4 is 67.1 Å². The second kappa shape index (κ2) is 10.4. The second-order valence-corrected chi connectivity index (χ2v) is 14.0. The molecule has 0 saturated carbocycles. The van der Waals surface area contributed by atoms with Gasteiger partial charge in [0.15, 0.2) is 0 Å². The molecule has 0 aliphatic carbocycles. The fourth-order valence-corrected chi connectivity index (χ4v) is 7.46. The number of fused-ring (bicyclic) bond motifs is 7. The summed E-state index contributed by atoms with van der Waals surface area (Å²) in [5, 5.41) is 5.56. The Bertz CT molecular complexity index is 2560. The highest BCUT2D eigenvalue weighted by atomic mass is 16.7. The van der Waals surface area contributed by atoms with E-state index in [4.69, 9.17) is 24.3 Å². The van der Waals surface area contributed by atoms with Crippen LogP contribution >= 0.6 is 0 Å². The third-order valence-corrected chi connectivity index (χ3v) is 10.6. The monoisotopic (exact) mass is 652 g/mol. The molecule has 0 radical (unpaired) electrons. The molecule has 0 atom stereocenters. The maximum absolute atomic E-state index is 6.57. The molecule has 1 aliphatic rings. The molecule has 1 saturated heterocycles. The van der Waals surface area contributed by atoms with Crippen molar-refractivity contribution in [2.45, 2.75) is 38.9 Å². The van der Waals surface area contributed by atoms with Crippen molar-refractivity contribution < 1.29 is 9.31 Å². The standard InChI is InChI=1S/C41H33BN6O2/c1-40(2)41(3,4)50-42(49-40)31-25-46(32-20-10-9-19-30(31)32)37-43-38(47-33-21-11-5-15-26(33)27-16-6-12-22-34(27)47)45-39(44-37)48-35-23-13-7-17-28(35)29-18-8-14-24-36(29)48/h5-25H,1-4H3. The Balaban J connectivity index is 1.29. The van der Waals surface area contributed by atoms with Crippen LogP contribution in [-0.2, 0) is 9.31 Å². The number of benzene rings is 5. The van der Waals surface area contributed by atoms with Crippen LogP contribution in [0.2, 0.25) is 0 Å². The van der Waals surface area contributed by atoms with E-state index in [1.165, 1.54) is 0 Å². The van der Waals surface area contributed by atoms with E-state index in [9.17, 15) is 0 Å². The summed E-state index contributed by atoms with van der Waals surface area (Å²) in [5.41, 5.74) is 5.00. The minimum Gasteiger partial charge on any atom is -0.399 e. The van der Waals surface area contributed by atoms with Crippen LogP contribution in [0.25, 0.3) is 72.4 Å². The summed E-state index contributed by atoms with van der Waals surface area (Å²) in [7, 11) is -0.554. The smallest absolute Gasteiger partial charge is 0.399 e. The van der Waals surface area contributed by atoms with E-state index in [2.05, 4.69) is 152 Å². The second-order valence-electron chi connectivity index (χ2n) is 14.0. The van der Waals surface area contributed by atoms with Gasteiger partial charge in [-0.3, -0.25) is 13.7 Å². The summed E-state index contributed by atoms with van der Waals surface area (Å²) in [5.74, 6) is 1.55. The van der Waals surface area contributed by atoms with E-state index in [1.807, 2.05) is 16.7 Å². The van der Waals surface area contributed by atoms with Gasteiger partial charge >= 0.3 is 7.12 Å². The van der Waals surface area contributed by atoms with E-state index >= 15 is 0 Å². The summed E-state index contributed by atoms with van der Waals surface area (Å²) >= 11 is 0. The van der Waals surface area contributed by atoms with Gasteiger partial charge in [0.2, 0.25) is 17.8 Å². The zero-order valence-corrected chi connectivity index (χ0v) is 28.2. The third-order valence-electron chi connectivity index (χ3n) is 10.6. The molecule has 1 fully saturated rings. The molecular weight excluding hydrogens is 619 g/mol. The summed E-state index contributed by atoms with van der Waals surface area (Å²) in [6.45, 7) is 8.31. The number of aromatic nitrogens is 6. The first-order valence-corrected chi connectivity index (χ1v) is 17.0. The Morgan fingerprint density at radius 2 is 0.780 bits per heavy atom. The van der Waals surface area contributed by atoms with E-state index in [0.717, 1.165) is 60.0 Å². The molecule has 9 aromatic rings. The molecule has 5 aromatic carbocycles. The minimum absolute atomic E-state index is 0.485. The average Bonchev–Trinajstić information content (AvgIpc) is 3.84. The fraction of sp³-hybridized carbons (Fsp3) is 0.146. The van der Waals surface area contributed by atoms with Crippen LogP contribution in [0.3, 0.4) is 0 Å². The van der Waals surface area contributed by atoms with Crippen LogP contribution in [0.15, 0.2) is 128 Å². The van der Waals surface area contributed by atoms with Crippen molar-refractivity contribution in [1.82, 2.24) is 28.7 Å². The Labute approximate surface area is 288 Å². The Kier molecular flexibility index (Phi) is 6.05. The molecule has 0 bridgehead atoms. The molecule has 1 aliphatic heterocycles. The molecule has 0 amide bonds. The van der Waals surface area contributed by atoms with Crippen molar-refractivity contribution in [3.8, 4) is 17.8 Å². The third kappa shape index (κ3) is 4.11. The van der Waals surface area contributed by atoms with Crippen molar-refractivity contribution in [2.24, 2.45) is 0 Å². The van der Waals surface area contributed by atoms with Gasteiger partial charge in [0.05, 0.1) is 38.8 Å². The molecule has 10 rings (SSSR count). The molecule has 242 valence electrons. The van der Waals surface area contributed by atoms with Crippen LogP contribution in [-0.4, -0.2) is 47.0 Å². The SMILES string of the molecule is CC1(C)OB(c2cn(-c3nc(-n4c5ccccc5c5ccccc54)nc(-n4c5ccccc5c5ccccc54)n3)c3ccccc23)OC1(C)C. The van der Waals surface area contributed by atoms with Crippen molar-refractivity contribution in [2.75, 3.05) is 0 Å². The summed E-state index contributed by atoms with van der Waals surface area (Å²) in [4.78, 5) is 15.8. The molecule has 50 heavy (non-hydrogen) atoms. The van der Waals surface area contributed by atoms with E-state index in [0.29, 0.717) is 17.8 Å². The van der Waals surface area contributed by atoms with E-state index in [-0.39, 0.29) is 0 Å². The highest BCUT2D eigenvalue weighted by Crippen LogP contribution is 2.38. The zero-order chi connectivity index (χ0) is 33.8. The summed E-state index contributed by atoms with van der Waals surface area (Å²) in [6.07, 6.45) is 2.06. The lowest BCUT2D eigenvalue weighted by Crippen LogP contribution is -2.41. The van der Waals surface area contributed by atoms with E-state index < -0.39 is 18.3 Å². The molecule has 0 unspecified atom stereocenters. The molecule has 8 nitrogen and oxygen atoms in total. The van der Waals surface area contributed by atoms with Gasteiger partial charge in [0, 0.05) is 33.2 Å². The fourth-order valence-electron chi connectivity index (χ4n) is 7.46. The highest BCUT2D eigenvalue weighted by molar-refractivity contribution is 6.65. The van der Waals surface area contributed by atoms with Crippen LogP contribution in [0.4, 0.5) is 0 Å². The van der Waals surface area contributed by atoms with Crippen LogP contribution in [0, 0.1) is 0 Å². The predicted molar refractivity (Wildman–Crippen MR) is 201 cm³/mol. The van der Waals surface area contributed by atoms with Gasteiger partial charge in [-0.1, -0.05) is 91.0 Å². The highest BCUT2D eigenvalue weighted by Gasteiger charge is 2.52. The summed E-state index contributed by atoms with van der Waals surface area (Å²) < 4.78 is 19.5. The minimum atomic E-state index is -0.554. The largest absolute Gasteiger partial charge is 0.497 e. The first-order chi connectivity index (χ1) is 24.3. The van der Waals surface area contributed by atoms with Crippen LogP contribution < -0.4 is 5.46 Å². The van der Waals surface area contributed by atoms with Crippen molar-refractivity contribution in [1.29, 1.82) is 0 Å². The van der Waals surface area contributed by atoms with Gasteiger partial charge < -0.3 is 9.31 Å². The first-order valence-electron chi connectivity index (χ1n) is 17.0. The quantitative estimate of drug-likeness (QED) is 0.179. The van der Waals surface area contributed by atoms with Gasteiger partial charge in [0.25, 0.3) is 0 Å². The average molecular weight is 653 g/mol. The zero-order valence-electron chi connectivity index (χ0n) is 28.2. The lowest BCUT2D eigenvalue weighted by atomic mass is 9.79. The summed E-state index contributed by atoms with van der Waals surface area (Å²) in [6, 6.07) is 41.9. The molecule has 9 heteroatoms. The molecule has 0 spiro atoms. The van der Waals surface area contributed by atoms with Gasteiger partial charge in [-0.05, 0) is 63.4 Å². The van der Waals surface area contributed by atoms with E-state index in [1.54, 1.807) is 0 Å². The van der Waals surface area contributed by atoms with Crippen LogP contribution in [0.1, 0.15) is 27.7 Å². The Morgan fingerprint density at radius 3 is 1.20 bits per heavy atom. The maximum Gasteiger partial charge on any atom is 0.497 e.